The van der Waals surface area contributed by atoms with Crippen LogP contribution in [-0.2, 0) is 27.2 Å². The van der Waals surface area contributed by atoms with Crippen LogP contribution in [0.3, 0.4) is 0 Å². The number of primary amides is 1. The molecule has 1 heterocycles. The number of phenols is 1. The Morgan fingerprint density at radius 1 is 0.826 bits per heavy atom. The van der Waals surface area contributed by atoms with Gasteiger partial charge in [-0.1, -0.05) is 42.5 Å². The maximum absolute atomic E-state index is 13.8. The van der Waals surface area contributed by atoms with Crippen LogP contribution in [0, 0.1) is 0 Å². The molecule has 0 unspecified atom stereocenters. The lowest BCUT2D eigenvalue weighted by Gasteiger charge is -2.25. The van der Waals surface area contributed by atoms with E-state index in [2.05, 4.69) is 30.9 Å². The minimum atomic E-state index is -1.12. The molecule has 0 spiro atoms. The summed E-state index contributed by atoms with van der Waals surface area (Å²) in [6, 6.07) is 15.5. The highest BCUT2D eigenvalue weighted by Crippen LogP contribution is 2.21. The van der Waals surface area contributed by atoms with Crippen LogP contribution < -0.4 is 33.2 Å². The summed E-state index contributed by atoms with van der Waals surface area (Å²) in [5.41, 5.74) is 17.9. The summed E-state index contributed by atoms with van der Waals surface area (Å²) in [6.45, 7) is 0.237. The molecule has 14 nitrogen and oxygen atoms in total. The molecule has 0 saturated carbocycles. The Bertz CT molecular complexity index is 1690. The topological polar surface area (TPSA) is 244 Å². The van der Waals surface area contributed by atoms with Crippen molar-refractivity contribution in [3.63, 3.8) is 0 Å². The molecular weight excluding hydrogens is 590 g/mol. The Balaban J connectivity index is 1.54. The number of rotatable bonds is 15. The van der Waals surface area contributed by atoms with E-state index in [0.717, 1.165) is 16.3 Å². The molecule has 46 heavy (non-hydrogen) atoms. The first kappa shape index (κ1) is 33.0. The Morgan fingerprint density at radius 2 is 1.50 bits per heavy atom. The SMILES string of the molecule is NC(=O)[C@@H](CCCN=C(N)N)NC(=O)[C@@H](Cc1ccccc1)NC(=O)[C@H](Cc1cnc[nH]1)NC(=O)c1ccc2cc(O)ccc2c1. The van der Waals surface area contributed by atoms with Gasteiger partial charge in [0.1, 0.15) is 23.9 Å². The monoisotopic (exact) mass is 627 g/mol. The van der Waals surface area contributed by atoms with Crippen molar-refractivity contribution < 1.29 is 24.3 Å². The molecular formula is C32H37N9O5. The van der Waals surface area contributed by atoms with Gasteiger partial charge in [-0.3, -0.25) is 24.2 Å². The fourth-order valence-corrected chi connectivity index (χ4v) is 4.83. The van der Waals surface area contributed by atoms with E-state index < -0.39 is 41.8 Å². The van der Waals surface area contributed by atoms with Crippen LogP contribution in [-0.4, -0.2) is 69.3 Å². The van der Waals surface area contributed by atoms with E-state index in [1.807, 2.05) is 6.07 Å². The summed E-state index contributed by atoms with van der Waals surface area (Å²) in [5, 5.41) is 19.4. The van der Waals surface area contributed by atoms with Crippen LogP contribution >= 0.6 is 0 Å². The minimum absolute atomic E-state index is 0.0490. The Kier molecular flexibility index (Phi) is 11.3. The summed E-state index contributed by atoms with van der Waals surface area (Å²) < 4.78 is 0. The largest absolute Gasteiger partial charge is 0.508 e. The van der Waals surface area contributed by atoms with E-state index in [1.54, 1.807) is 54.6 Å². The molecule has 14 heteroatoms. The third kappa shape index (κ3) is 9.54. The van der Waals surface area contributed by atoms with E-state index >= 15 is 0 Å². The summed E-state index contributed by atoms with van der Waals surface area (Å²) in [5.74, 6) is -2.53. The maximum Gasteiger partial charge on any atom is 0.251 e. The Hall–Kier alpha value is -5.92. The molecule has 4 amide bonds. The molecule has 1 aromatic heterocycles. The number of phenolic OH excluding ortho intramolecular Hbond substituents is 1. The van der Waals surface area contributed by atoms with Crippen molar-refractivity contribution in [2.75, 3.05) is 6.54 Å². The van der Waals surface area contributed by atoms with Gasteiger partial charge in [-0.2, -0.15) is 0 Å². The quantitative estimate of drug-likeness (QED) is 0.0518. The molecule has 3 atom stereocenters. The number of H-pyrrole nitrogens is 1. The maximum atomic E-state index is 13.8. The van der Waals surface area contributed by atoms with E-state index in [0.29, 0.717) is 17.7 Å². The van der Waals surface area contributed by atoms with Gasteiger partial charge in [-0.25, -0.2) is 4.98 Å². The second-order valence-electron chi connectivity index (χ2n) is 10.7. The van der Waals surface area contributed by atoms with Crippen LogP contribution in [0.4, 0.5) is 0 Å². The van der Waals surface area contributed by atoms with Gasteiger partial charge in [-0.15, -0.1) is 0 Å². The van der Waals surface area contributed by atoms with Gasteiger partial charge >= 0.3 is 0 Å². The number of guanidine groups is 1. The molecule has 3 aromatic carbocycles. The fraction of sp³-hybridized carbons (Fsp3) is 0.250. The lowest BCUT2D eigenvalue weighted by molar-refractivity contribution is -0.132. The summed E-state index contributed by atoms with van der Waals surface area (Å²) >= 11 is 0. The van der Waals surface area contributed by atoms with E-state index in [1.165, 1.54) is 18.6 Å². The zero-order chi connectivity index (χ0) is 33.1. The number of nitrogens with zero attached hydrogens (tertiary/aromatic N) is 2. The second kappa shape index (κ2) is 15.7. The van der Waals surface area contributed by atoms with Crippen LogP contribution in [0.25, 0.3) is 10.8 Å². The van der Waals surface area contributed by atoms with E-state index in [9.17, 15) is 24.3 Å². The average molecular weight is 628 g/mol. The number of benzene rings is 3. The molecule has 0 aliphatic carbocycles. The lowest BCUT2D eigenvalue weighted by atomic mass is 10.0. The van der Waals surface area contributed by atoms with Crippen molar-refractivity contribution in [3.8, 4) is 5.75 Å². The van der Waals surface area contributed by atoms with Crippen molar-refractivity contribution in [2.24, 2.45) is 22.2 Å². The van der Waals surface area contributed by atoms with Crippen LogP contribution in [0.15, 0.2) is 84.2 Å². The van der Waals surface area contributed by atoms with Gasteiger partial charge < -0.3 is 43.2 Å². The van der Waals surface area contributed by atoms with Crippen molar-refractivity contribution in [1.82, 2.24) is 25.9 Å². The predicted molar refractivity (Wildman–Crippen MR) is 172 cm³/mol. The number of carbonyl (C=O) groups is 4. The molecule has 0 saturated heterocycles. The van der Waals surface area contributed by atoms with Gasteiger partial charge in [-0.05, 0) is 53.4 Å². The lowest BCUT2D eigenvalue weighted by Crippen LogP contribution is -2.57. The first-order valence-corrected chi connectivity index (χ1v) is 14.6. The van der Waals surface area contributed by atoms with Gasteiger partial charge in [0.05, 0.1) is 6.33 Å². The van der Waals surface area contributed by atoms with Crippen molar-refractivity contribution in [2.45, 2.75) is 43.8 Å². The highest BCUT2D eigenvalue weighted by molar-refractivity contribution is 6.01. The molecule has 240 valence electrons. The number of amides is 4. The molecule has 0 aliphatic rings. The molecule has 11 N–H and O–H groups in total. The number of fused-ring (bicyclic) bond motifs is 1. The van der Waals surface area contributed by atoms with Gasteiger partial charge in [0.25, 0.3) is 5.91 Å². The fourth-order valence-electron chi connectivity index (χ4n) is 4.83. The second-order valence-corrected chi connectivity index (χ2v) is 10.7. The zero-order valence-electron chi connectivity index (χ0n) is 25.0. The summed E-state index contributed by atoms with van der Waals surface area (Å²) in [4.78, 5) is 63.7. The van der Waals surface area contributed by atoms with Gasteiger partial charge in [0.2, 0.25) is 17.7 Å². The molecule has 4 aromatic rings. The predicted octanol–water partition coefficient (Wildman–Crippen LogP) is 0.361. The standard InChI is InChI=1S/C32H37N9O5/c33-28(43)25(7-4-12-37-32(34)35)39-30(45)26(13-19-5-2-1-3-6-19)41-31(46)27(16-23-17-36-18-38-23)40-29(44)22-9-8-21-15-24(42)11-10-20(21)14-22/h1-3,5-6,8-11,14-15,17-18,25-27,42H,4,7,12-13,16H2,(H2,33,43)(H,36,38)(H,39,45)(H,40,44)(H,41,46)(H4,34,35,37)/t25-,26-,27+/m1/s1. The number of hydrogen-bond acceptors (Lipinski definition) is 7. The van der Waals surface area contributed by atoms with Crippen molar-refractivity contribution in [3.05, 3.63) is 96.1 Å². The molecule has 0 fully saturated rings. The van der Waals surface area contributed by atoms with E-state index in [-0.39, 0.29) is 37.5 Å². The first-order valence-electron chi connectivity index (χ1n) is 14.6. The smallest absolute Gasteiger partial charge is 0.251 e. The number of nitrogens with one attached hydrogen (secondary N) is 4. The van der Waals surface area contributed by atoms with Gasteiger partial charge in [0.15, 0.2) is 5.96 Å². The first-order chi connectivity index (χ1) is 22.1. The van der Waals surface area contributed by atoms with Crippen LogP contribution in [0.5, 0.6) is 5.75 Å². The number of carbonyl (C=O) groups excluding carboxylic acids is 4. The summed E-state index contributed by atoms with van der Waals surface area (Å²) in [7, 11) is 0. The molecule has 0 aliphatic heterocycles. The number of aromatic amines is 1. The minimum Gasteiger partial charge on any atom is -0.508 e. The third-order valence-corrected chi connectivity index (χ3v) is 7.21. The van der Waals surface area contributed by atoms with E-state index in [4.69, 9.17) is 17.2 Å². The van der Waals surface area contributed by atoms with Crippen LogP contribution in [0.2, 0.25) is 0 Å². The number of nitrogens with two attached hydrogens (primary N) is 3. The number of aromatic nitrogens is 2. The third-order valence-electron chi connectivity index (χ3n) is 7.21. The Labute approximate surface area is 264 Å². The highest BCUT2D eigenvalue weighted by Gasteiger charge is 2.30. The number of aromatic hydroxyl groups is 1. The number of imidazole rings is 1. The molecule has 0 bridgehead atoms. The highest BCUT2D eigenvalue weighted by atomic mass is 16.3. The van der Waals surface area contributed by atoms with Crippen LogP contribution in [0.1, 0.15) is 34.5 Å². The normalized spacial score (nSPS) is 12.8. The van der Waals surface area contributed by atoms with Crippen molar-refractivity contribution in [1.29, 1.82) is 0 Å². The molecule has 4 rings (SSSR count). The van der Waals surface area contributed by atoms with Gasteiger partial charge in [0, 0.05) is 36.8 Å². The Morgan fingerprint density at radius 3 is 2.17 bits per heavy atom. The zero-order valence-corrected chi connectivity index (χ0v) is 25.0. The number of hydrogen-bond donors (Lipinski definition) is 8. The average Bonchev–Trinajstić information content (AvgIpc) is 3.55. The molecule has 0 radical (unpaired) electrons. The number of aliphatic imine (C=N–C) groups is 1. The summed E-state index contributed by atoms with van der Waals surface area (Å²) in [6.07, 6.45) is 3.67. The van der Waals surface area contributed by atoms with Crippen molar-refractivity contribution >= 4 is 40.4 Å².